The van der Waals surface area contributed by atoms with Gasteiger partial charge < -0.3 is 10.1 Å². The number of anilines is 1. The number of nitrogens with one attached hydrogen (secondary N) is 1. The van der Waals surface area contributed by atoms with Crippen LogP contribution in [0.2, 0.25) is 0 Å². The van der Waals surface area contributed by atoms with Crippen molar-refractivity contribution in [2.45, 2.75) is 38.9 Å². The van der Waals surface area contributed by atoms with Crippen molar-refractivity contribution in [3.8, 4) is 0 Å². The van der Waals surface area contributed by atoms with Crippen LogP contribution in [0.1, 0.15) is 25.3 Å². The van der Waals surface area contributed by atoms with Crippen LogP contribution in [0.5, 0.6) is 0 Å². The van der Waals surface area contributed by atoms with Gasteiger partial charge in [-0.05, 0) is 54.2 Å². The molecule has 1 heterocycles. The maximum absolute atomic E-state index is 5.78. The zero-order chi connectivity index (χ0) is 11.5. The fraction of sp³-hybridized carbons (Fsp3) is 0.538. The van der Waals surface area contributed by atoms with Crippen LogP contribution < -0.4 is 5.32 Å². The molecule has 1 N–H and O–H groups in total. The van der Waals surface area contributed by atoms with E-state index in [9.17, 15) is 0 Å². The molecule has 2 atom stereocenters. The molecule has 2 rings (SSSR count). The lowest BCUT2D eigenvalue weighted by molar-refractivity contribution is 0.0637. The topological polar surface area (TPSA) is 21.3 Å². The molecule has 16 heavy (non-hydrogen) atoms. The molecule has 1 aliphatic rings. The number of halogens is 1. The van der Waals surface area contributed by atoms with Crippen molar-refractivity contribution in [2.75, 3.05) is 11.9 Å². The molecule has 1 aromatic rings. The minimum absolute atomic E-state index is 0.363. The Labute approximate surface area is 106 Å². The molecule has 0 saturated carbocycles. The molecule has 0 bridgehead atoms. The quantitative estimate of drug-likeness (QED) is 0.913. The van der Waals surface area contributed by atoms with E-state index in [1.165, 1.54) is 12.0 Å². The maximum Gasteiger partial charge on any atom is 0.0751 e. The molecule has 0 aliphatic carbocycles. The third-order valence-corrected chi connectivity index (χ3v) is 4.08. The molecule has 1 fully saturated rings. The van der Waals surface area contributed by atoms with E-state index >= 15 is 0 Å². The normalized spacial score (nSPS) is 24.7. The van der Waals surface area contributed by atoms with Crippen molar-refractivity contribution >= 4 is 21.6 Å². The summed E-state index contributed by atoms with van der Waals surface area (Å²) in [6, 6.07) is 6.26. The first kappa shape index (κ1) is 11.9. The van der Waals surface area contributed by atoms with E-state index < -0.39 is 0 Å². The summed E-state index contributed by atoms with van der Waals surface area (Å²) in [7, 11) is 0. The van der Waals surface area contributed by atoms with Crippen LogP contribution in [-0.2, 0) is 4.74 Å². The molecule has 1 aliphatic heterocycles. The number of hydrogen-bond acceptors (Lipinski definition) is 2. The minimum Gasteiger partial charge on any atom is -0.382 e. The highest BCUT2D eigenvalue weighted by Gasteiger charge is 2.21. The molecule has 2 unspecified atom stereocenters. The van der Waals surface area contributed by atoms with Gasteiger partial charge in [-0.15, -0.1) is 0 Å². The second kappa shape index (κ2) is 5.19. The van der Waals surface area contributed by atoms with Crippen molar-refractivity contribution in [1.29, 1.82) is 0 Å². The second-order valence-electron chi connectivity index (χ2n) is 4.46. The van der Waals surface area contributed by atoms with E-state index in [1.807, 2.05) is 0 Å². The summed E-state index contributed by atoms with van der Waals surface area (Å²) < 4.78 is 6.93. The van der Waals surface area contributed by atoms with Crippen LogP contribution in [0.4, 0.5) is 5.69 Å². The molecule has 88 valence electrons. The Bertz CT molecular complexity index is 367. The number of rotatable bonds is 3. The van der Waals surface area contributed by atoms with Crippen molar-refractivity contribution in [1.82, 2.24) is 0 Å². The van der Waals surface area contributed by atoms with E-state index in [-0.39, 0.29) is 0 Å². The van der Waals surface area contributed by atoms with Gasteiger partial charge in [0, 0.05) is 16.7 Å². The van der Waals surface area contributed by atoms with Crippen LogP contribution >= 0.6 is 15.9 Å². The highest BCUT2D eigenvalue weighted by molar-refractivity contribution is 9.10. The molecule has 0 aromatic heterocycles. The predicted molar refractivity (Wildman–Crippen MR) is 70.9 cm³/mol. The SMILES string of the molecule is Cc1cccc(NCC2CCC(C)O2)c1Br. The van der Waals surface area contributed by atoms with Gasteiger partial charge in [-0.2, -0.15) is 0 Å². The number of ether oxygens (including phenoxy) is 1. The molecular weight excluding hydrogens is 266 g/mol. The van der Waals surface area contributed by atoms with Crippen molar-refractivity contribution in [3.05, 3.63) is 28.2 Å². The fourth-order valence-electron chi connectivity index (χ4n) is 2.04. The maximum atomic E-state index is 5.78. The van der Waals surface area contributed by atoms with E-state index in [0.717, 1.165) is 23.1 Å². The van der Waals surface area contributed by atoms with Crippen molar-refractivity contribution in [2.24, 2.45) is 0 Å². The number of aryl methyl sites for hydroxylation is 1. The average molecular weight is 284 g/mol. The van der Waals surface area contributed by atoms with Gasteiger partial charge in [-0.3, -0.25) is 0 Å². The second-order valence-corrected chi connectivity index (χ2v) is 5.26. The summed E-state index contributed by atoms with van der Waals surface area (Å²) in [5.41, 5.74) is 2.41. The van der Waals surface area contributed by atoms with Crippen molar-refractivity contribution in [3.63, 3.8) is 0 Å². The van der Waals surface area contributed by atoms with E-state index in [1.54, 1.807) is 0 Å². The third kappa shape index (κ3) is 2.77. The van der Waals surface area contributed by atoms with E-state index in [4.69, 9.17) is 4.74 Å². The van der Waals surface area contributed by atoms with Crippen LogP contribution in [-0.4, -0.2) is 18.8 Å². The molecule has 3 heteroatoms. The van der Waals surface area contributed by atoms with Gasteiger partial charge >= 0.3 is 0 Å². The summed E-state index contributed by atoms with van der Waals surface area (Å²) in [5.74, 6) is 0. The first-order valence-corrected chi connectivity index (χ1v) is 6.60. The zero-order valence-electron chi connectivity index (χ0n) is 9.79. The number of benzene rings is 1. The van der Waals surface area contributed by atoms with Crippen molar-refractivity contribution < 1.29 is 4.74 Å². The lowest BCUT2D eigenvalue weighted by atomic mass is 10.2. The van der Waals surface area contributed by atoms with Crippen LogP contribution in [0.25, 0.3) is 0 Å². The molecule has 0 spiro atoms. The Morgan fingerprint density at radius 1 is 1.44 bits per heavy atom. The molecule has 2 nitrogen and oxygen atoms in total. The van der Waals surface area contributed by atoms with Crippen LogP contribution in [0.15, 0.2) is 22.7 Å². The Balaban J connectivity index is 1.92. The highest BCUT2D eigenvalue weighted by Crippen LogP contribution is 2.26. The zero-order valence-corrected chi connectivity index (χ0v) is 11.4. The van der Waals surface area contributed by atoms with Gasteiger partial charge in [0.25, 0.3) is 0 Å². The first-order chi connectivity index (χ1) is 7.66. The monoisotopic (exact) mass is 283 g/mol. The van der Waals surface area contributed by atoms with E-state index in [2.05, 4.69) is 53.3 Å². The first-order valence-electron chi connectivity index (χ1n) is 5.81. The number of hydrogen-bond donors (Lipinski definition) is 1. The van der Waals surface area contributed by atoms with E-state index in [0.29, 0.717) is 12.2 Å². The summed E-state index contributed by atoms with van der Waals surface area (Å²) in [5, 5.41) is 3.44. The van der Waals surface area contributed by atoms with Gasteiger partial charge in [0.05, 0.1) is 12.2 Å². The smallest absolute Gasteiger partial charge is 0.0751 e. The molecule has 1 aromatic carbocycles. The lowest BCUT2D eigenvalue weighted by Gasteiger charge is -2.15. The van der Waals surface area contributed by atoms with Gasteiger partial charge in [0.2, 0.25) is 0 Å². The average Bonchev–Trinajstić information content (AvgIpc) is 2.67. The molecule has 0 radical (unpaired) electrons. The fourth-order valence-corrected chi connectivity index (χ4v) is 2.45. The van der Waals surface area contributed by atoms with Crippen LogP contribution in [0.3, 0.4) is 0 Å². The Hall–Kier alpha value is -0.540. The van der Waals surface area contributed by atoms with Crippen LogP contribution in [0, 0.1) is 6.92 Å². The summed E-state index contributed by atoms with van der Waals surface area (Å²) in [6.45, 7) is 5.14. The predicted octanol–water partition coefficient (Wildman–Crippen LogP) is 3.74. The summed E-state index contributed by atoms with van der Waals surface area (Å²) >= 11 is 3.60. The summed E-state index contributed by atoms with van der Waals surface area (Å²) in [6.07, 6.45) is 3.13. The minimum atomic E-state index is 0.363. The highest BCUT2D eigenvalue weighted by atomic mass is 79.9. The Morgan fingerprint density at radius 3 is 2.94 bits per heavy atom. The van der Waals surface area contributed by atoms with Gasteiger partial charge in [0.15, 0.2) is 0 Å². The van der Waals surface area contributed by atoms with Gasteiger partial charge in [0.1, 0.15) is 0 Å². The molecule has 1 saturated heterocycles. The third-order valence-electron chi connectivity index (χ3n) is 3.03. The molecule has 0 amide bonds. The summed E-state index contributed by atoms with van der Waals surface area (Å²) in [4.78, 5) is 0. The largest absolute Gasteiger partial charge is 0.382 e. The Morgan fingerprint density at radius 2 is 2.25 bits per heavy atom. The lowest BCUT2D eigenvalue weighted by Crippen LogP contribution is -2.19. The standard InChI is InChI=1S/C13H18BrNO/c1-9-4-3-5-12(13(9)14)15-8-11-7-6-10(2)16-11/h3-5,10-11,15H,6-8H2,1-2H3. The van der Waals surface area contributed by atoms with Gasteiger partial charge in [-0.1, -0.05) is 12.1 Å². The van der Waals surface area contributed by atoms with Gasteiger partial charge in [-0.25, -0.2) is 0 Å². The molecular formula is C13H18BrNO. The Kier molecular flexibility index (Phi) is 3.87.